The van der Waals surface area contributed by atoms with E-state index in [1.54, 1.807) is 18.2 Å². The lowest BCUT2D eigenvalue weighted by Gasteiger charge is -2.10. The van der Waals surface area contributed by atoms with Gasteiger partial charge in [0.25, 0.3) is 0 Å². The number of allylic oxidation sites excluding steroid dienone is 1. The number of rotatable bonds is 4. The molecule has 0 aliphatic rings. The highest BCUT2D eigenvalue weighted by molar-refractivity contribution is 5.92. The second kappa shape index (κ2) is 5.21. The van der Waals surface area contributed by atoms with Gasteiger partial charge in [-0.1, -0.05) is 0 Å². The van der Waals surface area contributed by atoms with Crippen molar-refractivity contribution in [2.75, 3.05) is 14.2 Å². The van der Waals surface area contributed by atoms with Gasteiger partial charge in [-0.25, -0.2) is 0 Å². The maximum atomic E-state index is 10.8. The maximum absolute atomic E-state index is 10.8. The molecule has 0 unspecified atom stereocenters. The van der Waals surface area contributed by atoms with Gasteiger partial charge in [-0.15, -0.1) is 0 Å². The standard InChI is InChI=1S/C12H14O4/c1-8(13)4-5-9-6-7-10(15-2)11(14)12(9)16-3/h4-7,14H,1-3H3/b5-4+. The summed E-state index contributed by atoms with van der Waals surface area (Å²) in [6.45, 7) is 1.45. The van der Waals surface area contributed by atoms with Crippen LogP contribution in [-0.4, -0.2) is 25.1 Å². The molecule has 0 atom stereocenters. The van der Waals surface area contributed by atoms with E-state index in [9.17, 15) is 9.90 Å². The van der Waals surface area contributed by atoms with E-state index in [4.69, 9.17) is 9.47 Å². The molecule has 1 N–H and O–H groups in total. The smallest absolute Gasteiger partial charge is 0.201 e. The van der Waals surface area contributed by atoms with Crippen molar-refractivity contribution in [3.8, 4) is 17.2 Å². The first kappa shape index (κ1) is 12.1. The Hall–Kier alpha value is -1.97. The fraction of sp³-hybridized carbons (Fsp3) is 0.250. The van der Waals surface area contributed by atoms with Crippen LogP contribution in [0.4, 0.5) is 0 Å². The van der Waals surface area contributed by atoms with Crippen LogP contribution in [0.3, 0.4) is 0 Å². The Morgan fingerprint density at radius 3 is 2.50 bits per heavy atom. The molecule has 86 valence electrons. The summed E-state index contributed by atoms with van der Waals surface area (Å²) in [5.74, 6) is 0.474. The number of methoxy groups -OCH3 is 2. The van der Waals surface area contributed by atoms with Crippen molar-refractivity contribution in [1.82, 2.24) is 0 Å². The fourth-order valence-corrected chi connectivity index (χ4v) is 1.29. The highest BCUT2D eigenvalue weighted by Gasteiger charge is 2.11. The average molecular weight is 222 g/mol. The molecule has 0 aliphatic carbocycles. The molecule has 0 bridgehead atoms. The summed E-state index contributed by atoms with van der Waals surface area (Å²) in [6, 6.07) is 3.31. The molecule has 1 aromatic carbocycles. The molecular formula is C12H14O4. The van der Waals surface area contributed by atoms with Gasteiger partial charge in [-0.05, 0) is 31.2 Å². The predicted octanol–water partition coefficient (Wildman–Crippen LogP) is 2.01. The molecule has 0 saturated carbocycles. The Labute approximate surface area is 94.1 Å². The quantitative estimate of drug-likeness (QED) is 0.792. The van der Waals surface area contributed by atoms with Gasteiger partial charge in [-0.3, -0.25) is 4.79 Å². The molecule has 0 radical (unpaired) electrons. The van der Waals surface area contributed by atoms with Gasteiger partial charge in [0.1, 0.15) is 0 Å². The van der Waals surface area contributed by atoms with Gasteiger partial charge >= 0.3 is 0 Å². The third-order valence-electron chi connectivity index (χ3n) is 2.05. The van der Waals surface area contributed by atoms with Gasteiger partial charge in [0, 0.05) is 5.56 Å². The largest absolute Gasteiger partial charge is 0.502 e. The number of hydrogen-bond acceptors (Lipinski definition) is 4. The van der Waals surface area contributed by atoms with Crippen LogP contribution in [0.2, 0.25) is 0 Å². The summed E-state index contributed by atoms with van der Waals surface area (Å²) < 4.78 is 10.0. The van der Waals surface area contributed by atoms with E-state index in [1.165, 1.54) is 27.2 Å². The van der Waals surface area contributed by atoms with E-state index in [2.05, 4.69) is 0 Å². The monoisotopic (exact) mass is 222 g/mol. The number of carbonyl (C=O) groups is 1. The topological polar surface area (TPSA) is 55.8 Å². The summed E-state index contributed by atoms with van der Waals surface area (Å²) in [7, 11) is 2.90. The number of phenolic OH excluding ortho intramolecular Hbond substituents is 1. The van der Waals surface area contributed by atoms with E-state index < -0.39 is 0 Å². The van der Waals surface area contributed by atoms with Crippen molar-refractivity contribution in [1.29, 1.82) is 0 Å². The Morgan fingerprint density at radius 2 is 2.00 bits per heavy atom. The van der Waals surface area contributed by atoms with Gasteiger partial charge < -0.3 is 14.6 Å². The molecule has 1 aromatic rings. The third kappa shape index (κ3) is 2.53. The number of ketones is 1. The van der Waals surface area contributed by atoms with Gasteiger partial charge in [0.05, 0.1) is 14.2 Å². The van der Waals surface area contributed by atoms with Crippen molar-refractivity contribution in [2.24, 2.45) is 0 Å². The van der Waals surface area contributed by atoms with Crippen LogP contribution in [-0.2, 0) is 4.79 Å². The zero-order valence-corrected chi connectivity index (χ0v) is 9.48. The zero-order chi connectivity index (χ0) is 12.1. The average Bonchev–Trinajstić information content (AvgIpc) is 2.26. The van der Waals surface area contributed by atoms with Crippen molar-refractivity contribution in [3.63, 3.8) is 0 Å². The number of aromatic hydroxyl groups is 1. The highest BCUT2D eigenvalue weighted by atomic mass is 16.5. The Balaban J connectivity index is 3.20. The van der Waals surface area contributed by atoms with Crippen LogP contribution in [0.25, 0.3) is 6.08 Å². The second-order valence-electron chi connectivity index (χ2n) is 3.18. The number of ether oxygens (including phenoxy) is 2. The normalized spacial score (nSPS) is 10.4. The zero-order valence-electron chi connectivity index (χ0n) is 9.48. The summed E-state index contributed by atoms with van der Waals surface area (Å²) >= 11 is 0. The molecule has 4 nitrogen and oxygen atoms in total. The molecule has 0 spiro atoms. The Morgan fingerprint density at radius 1 is 1.31 bits per heavy atom. The molecule has 0 heterocycles. The molecule has 0 fully saturated rings. The molecule has 0 aromatic heterocycles. The number of hydrogen-bond donors (Lipinski definition) is 1. The van der Waals surface area contributed by atoms with Gasteiger partial charge in [0.2, 0.25) is 5.75 Å². The fourth-order valence-electron chi connectivity index (χ4n) is 1.29. The minimum absolute atomic E-state index is 0.0719. The van der Waals surface area contributed by atoms with Crippen LogP contribution in [0.5, 0.6) is 17.2 Å². The first-order chi connectivity index (χ1) is 7.60. The summed E-state index contributed by atoms with van der Waals surface area (Å²) in [5, 5.41) is 9.77. The van der Waals surface area contributed by atoms with E-state index in [0.29, 0.717) is 11.3 Å². The van der Waals surface area contributed by atoms with E-state index in [-0.39, 0.29) is 17.3 Å². The van der Waals surface area contributed by atoms with E-state index >= 15 is 0 Å². The summed E-state index contributed by atoms with van der Waals surface area (Å²) in [6.07, 6.45) is 2.99. The molecule has 0 amide bonds. The second-order valence-corrected chi connectivity index (χ2v) is 3.18. The van der Waals surface area contributed by atoms with Crippen LogP contribution in [0.1, 0.15) is 12.5 Å². The first-order valence-corrected chi connectivity index (χ1v) is 4.72. The number of phenols is 1. The lowest BCUT2D eigenvalue weighted by Crippen LogP contribution is -1.92. The van der Waals surface area contributed by atoms with E-state index in [1.807, 2.05) is 0 Å². The molecule has 4 heteroatoms. The first-order valence-electron chi connectivity index (χ1n) is 4.72. The molecule has 0 saturated heterocycles. The Kier molecular flexibility index (Phi) is 3.94. The van der Waals surface area contributed by atoms with Crippen LogP contribution >= 0.6 is 0 Å². The van der Waals surface area contributed by atoms with E-state index in [0.717, 1.165) is 0 Å². The lowest BCUT2D eigenvalue weighted by atomic mass is 10.1. The third-order valence-corrected chi connectivity index (χ3v) is 2.05. The highest BCUT2D eigenvalue weighted by Crippen LogP contribution is 2.39. The molecular weight excluding hydrogens is 208 g/mol. The minimum atomic E-state index is -0.0734. The molecule has 0 aliphatic heterocycles. The van der Waals surface area contributed by atoms with Gasteiger partial charge in [-0.2, -0.15) is 0 Å². The van der Waals surface area contributed by atoms with Crippen molar-refractivity contribution < 1.29 is 19.4 Å². The lowest BCUT2D eigenvalue weighted by molar-refractivity contribution is -0.112. The number of benzene rings is 1. The summed E-state index contributed by atoms with van der Waals surface area (Å²) in [4.78, 5) is 10.8. The van der Waals surface area contributed by atoms with Crippen molar-refractivity contribution in [2.45, 2.75) is 6.92 Å². The van der Waals surface area contributed by atoms with Crippen LogP contribution in [0, 0.1) is 0 Å². The maximum Gasteiger partial charge on any atom is 0.201 e. The molecule has 1 rings (SSSR count). The van der Waals surface area contributed by atoms with Crippen LogP contribution < -0.4 is 9.47 Å². The predicted molar refractivity (Wildman–Crippen MR) is 60.9 cm³/mol. The SMILES string of the molecule is COc1ccc(/C=C/C(C)=O)c(OC)c1O. The van der Waals surface area contributed by atoms with Crippen LogP contribution in [0.15, 0.2) is 18.2 Å². The number of carbonyl (C=O) groups excluding carboxylic acids is 1. The van der Waals surface area contributed by atoms with Gasteiger partial charge in [0.15, 0.2) is 17.3 Å². The minimum Gasteiger partial charge on any atom is -0.502 e. The summed E-state index contributed by atoms with van der Waals surface area (Å²) in [5.41, 5.74) is 0.621. The van der Waals surface area contributed by atoms with Crippen molar-refractivity contribution >= 4 is 11.9 Å². The van der Waals surface area contributed by atoms with Crippen molar-refractivity contribution in [3.05, 3.63) is 23.8 Å². The Bertz CT molecular complexity index is 421. The molecule has 16 heavy (non-hydrogen) atoms.